The van der Waals surface area contributed by atoms with E-state index in [1.54, 1.807) is 6.07 Å². The zero-order valence-electron chi connectivity index (χ0n) is 18.2. The minimum atomic E-state index is -4.28. The standard InChI is InChI=1S/C27H35F3/c1-2-3-4-5-6-19-7-8-21-16-22(10-9-20(21)15-19)23-11-12-25-18-26(27(28,29)30)14-13-24(25)17-23/h11-14,17-22H,2-10,15-16H2,1H3. The van der Waals surface area contributed by atoms with Crippen LogP contribution < -0.4 is 0 Å². The van der Waals surface area contributed by atoms with Crippen molar-refractivity contribution in [3.63, 3.8) is 0 Å². The molecular formula is C27H35F3. The third-order valence-corrected chi connectivity index (χ3v) is 7.85. The van der Waals surface area contributed by atoms with E-state index < -0.39 is 11.7 Å². The summed E-state index contributed by atoms with van der Waals surface area (Å²) in [6.45, 7) is 2.28. The first-order valence-electron chi connectivity index (χ1n) is 12.0. The van der Waals surface area contributed by atoms with Gasteiger partial charge in [0.1, 0.15) is 0 Å². The van der Waals surface area contributed by atoms with Gasteiger partial charge in [-0.1, -0.05) is 69.7 Å². The molecule has 0 aliphatic heterocycles. The summed E-state index contributed by atoms with van der Waals surface area (Å²) in [5.74, 6) is 3.27. The Bertz CT molecular complexity index is 838. The molecule has 4 rings (SSSR count). The average Bonchev–Trinajstić information content (AvgIpc) is 2.75. The van der Waals surface area contributed by atoms with Crippen molar-refractivity contribution in [2.75, 3.05) is 0 Å². The largest absolute Gasteiger partial charge is 0.416 e. The molecule has 2 aliphatic rings. The fourth-order valence-electron chi connectivity index (χ4n) is 6.11. The lowest BCUT2D eigenvalue weighted by molar-refractivity contribution is -0.137. The van der Waals surface area contributed by atoms with Crippen molar-refractivity contribution < 1.29 is 13.2 Å². The van der Waals surface area contributed by atoms with Crippen molar-refractivity contribution in [1.29, 1.82) is 0 Å². The van der Waals surface area contributed by atoms with Crippen molar-refractivity contribution in [2.45, 2.75) is 89.6 Å². The smallest absolute Gasteiger partial charge is 0.166 e. The molecule has 0 heterocycles. The van der Waals surface area contributed by atoms with Crippen molar-refractivity contribution in [2.24, 2.45) is 17.8 Å². The molecule has 0 saturated heterocycles. The summed E-state index contributed by atoms with van der Waals surface area (Å²) >= 11 is 0. The topological polar surface area (TPSA) is 0 Å². The van der Waals surface area contributed by atoms with Crippen molar-refractivity contribution >= 4 is 10.8 Å². The molecule has 2 fully saturated rings. The molecule has 0 N–H and O–H groups in total. The third-order valence-electron chi connectivity index (χ3n) is 7.85. The molecule has 2 aliphatic carbocycles. The van der Waals surface area contributed by atoms with Crippen molar-refractivity contribution in [3.05, 3.63) is 47.5 Å². The predicted molar refractivity (Wildman–Crippen MR) is 119 cm³/mol. The Morgan fingerprint density at radius 1 is 0.800 bits per heavy atom. The summed E-state index contributed by atoms with van der Waals surface area (Å²) in [7, 11) is 0. The van der Waals surface area contributed by atoms with E-state index in [-0.39, 0.29) is 0 Å². The lowest BCUT2D eigenvalue weighted by atomic mass is 9.63. The first-order valence-corrected chi connectivity index (χ1v) is 12.0. The van der Waals surface area contributed by atoms with Crippen LogP contribution in [-0.4, -0.2) is 0 Å². The van der Waals surface area contributed by atoms with Crippen molar-refractivity contribution in [3.8, 4) is 0 Å². The number of alkyl halides is 3. The summed E-state index contributed by atoms with van der Waals surface area (Å²) in [5.41, 5.74) is 0.761. The number of rotatable bonds is 6. The Labute approximate surface area is 179 Å². The van der Waals surface area contributed by atoms with Gasteiger partial charge in [-0.2, -0.15) is 13.2 Å². The number of hydrogen-bond acceptors (Lipinski definition) is 0. The van der Waals surface area contributed by atoms with Crippen LogP contribution in [0.5, 0.6) is 0 Å². The van der Waals surface area contributed by atoms with Crippen LogP contribution in [-0.2, 0) is 6.18 Å². The maximum absolute atomic E-state index is 13.0. The fraction of sp³-hybridized carbons (Fsp3) is 0.630. The second-order valence-corrected chi connectivity index (χ2v) is 9.88. The normalized spacial score (nSPS) is 27.2. The van der Waals surface area contributed by atoms with Crippen LogP contribution in [0.25, 0.3) is 10.8 Å². The predicted octanol–water partition coefficient (Wildman–Crippen LogP) is 9.13. The summed E-state index contributed by atoms with van der Waals surface area (Å²) in [6.07, 6.45) is 10.7. The first kappa shape index (κ1) is 21.7. The molecule has 2 saturated carbocycles. The van der Waals surface area contributed by atoms with Gasteiger partial charge >= 0.3 is 6.18 Å². The summed E-state index contributed by atoms with van der Waals surface area (Å²) < 4.78 is 38.9. The summed E-state index contributed by atoms with van der Waals surface area (Å²) in [6, 6.07) is 10.2. The number of fused-ring (bicyclic) bond motifs is 2. The van der Waals surface area contributed by atoms with Gasteiger partial charge in [0.25, 0.3) is 0 Å². The molecule has 0 bridgehead atoms. The van der Waals surface area contributed by atoms with Gasteiger partial charge in [0.2, 0.25) is 0 Å². The van der Waals surface area contributed by atoms with Crippen LogP contribution in [0, 0.1) is 17.8 Å². The number of unbranched alkanes of at least 4 members (excludes halogenated alkanes) is 3. The van der Waals surface area contributed by atoms with Gasteiger partial charge in [-0.3, -0.25) is 0 Å². The number of benzene rings is 2. The number of hydrogen-bond donors (Lipinski definition) is 0. The van der Waals surface area contributed by atoms with Crippen LogP contribution in [0.1, 0.15) is 94.6 Å². The Morgan fingerprint density at radius 2 is 1.53 bits per heavy atom. The highest BCUT2D eigenvalue weighted by molar-refractivity contribution is 5.84. The van der Waals surface area contributed by atoms with Crippen LogP contribution >= 0.6 is 0 Å². The molecule has 4 atom stereocenters. The van der Waals surface area contributed by atoms with E-state index >= 15 is 0 Å². The molecule has 4 unspecified atom stereocenters. The Hall–Kier alpha value is -1.51. The van der Waals surface area contributed by atoms with E-state index in [2.05, 4.69) is 19.1 Å². The first-order chi connectivity index (χ1) is 14.4. The average molecular weight is 417 g/mol. The van der Waals surface area contributed by atoms with Gasteiger partial charge in [0.05, 0.1) is 5.56 Å². The highest BCUT2D eigenvalue weighted by Gasteiger charge is 2.36. The Balaban J connectivity index is 1.37. The molecule has 0 amide bonds. The highest BCUT2D eigenvalue weighted by Crippen LogP contribution is 2.48. The van der Waals surface area contributed by atoms with E-state index in [0.717, 1.165) is 23.1 Å². The molecule has 30 heavy (non-hydrogen) atoms. The van der Waals surface area contributed by atoms with Gasteiger partial charge in [0.15, 0.2) is 0 Å². The number of halogens is 3. The minimum absolute atomic E-state index is 0.560. The molecule has 0 spiro atoms. The van der Waals surface area contributed by atoms with E-state index in [0.29, 0.717) is 11.3 Å². The van der Waals surface area contributed by atoms with Crippen LogP contribution in [0.2, 0.25) is 0 Å². The second kappa shape index (κ2) is 9.32. The quantitative estimate of drug-likeness (QED) is 0.412. The molecule has 0 nitrogen and oxygen atoms in total. The van der Waals surface area contributed by atoms with Gasteiger partial charge < -0.3 is 0 Å². The molecule has 3 heteroatoms. The molecule has 2 aromatic rings. The Kier molecular flexibility index (Phi) is 6.75. The molecule has 2 aromatic carbocycles. The zero-order valence-corrected chi connectivity index (χ0v) is 18.2. The van der Waals surface area contributed by atoms with Crippen LogP contribution in [0.3, 0.4) is 0 Å². The van der Waals surface area contributed by atoms with E-state index in [1.165, 1.54) is 88.3 Å². The van der Waals surface area contributed by atoms with Crippen molar-refractivity contribution in [1.82, 2.24) is 0 Å². The molecular weight excluding hydrogens is 381 g/mol. The lowest BCUT2D eigenvalue weighted by Crippen LogP contribution is -2.30. The maximum atomic E-state index is 13.0. The van der Waals surface area contributed by atoms with Gasteiger partial charge in [-0.05, 0) is 84.2 Å². The molecule has 164 valence electrons. The lowest BCUT2D eigenvalue weighted by Gasteiger charge is -2.42. The highest BCUT2D eigenvalue weighted by atomic mass is 19.4. The SMILES string of the molecule is CCCCCCC1CCC2CC(c3ccc4cc(C(F)(F)F)ccc4c3)CCC2C1. The zero-order chi connectivity index (χ0) is 21.1. The van der Waals surface area contributed by atoms with Crippen LogP contribution in [0.15, 0.2) is 36.4 Å². The van der Waals surface area contributed by atoms with Crippen LogP contribution in [0.4, 0.5) is 13.2 Å². The van der Waals surface area contributed by atoms with Gasteiger partial charge in [-0.25, -0.2) is 0 Å². The summed E-state index contributed by atoms with van der Waals surface area (Å²) in [4.78, 5) is 0. The van der Waals surface area contributed by atoms with E-state index in [4.69, 9.17) is 0 Å². The van der Waals surface area contributed by atoms with Gasteiger partial charge in [-0.15, -0.1) is 0 Å². The molecule has 0 radical (unpaired) electrons. The maximum Gasteiger partial charge on any atom is 0.416 e. The van der Waals surface area contributed by atoms with Gasteiger partial charge in [0, 0.05) is 0 Å². The monoisotopic (exact) mass is 416 g/mol. The minimum Gasteiger partial charge on any atom is -0.166 e. The van der Waals surface area contributed by atoms with E-state index in [1.807, 2.05) is 6.07 Å². The summed E-state index contributed by atoms with van der Waals surface area (Å²) in [5, 5.41) is 1.62. The van der Waals surface area contributed by atoms with E-state index in [9.17, 15) is 13.2 Å². The second-order valence-electron chi connectivity index (χ2n) is 9.88. The third kappa shape index (κ3) is 5.03. The molecule has 0 aromatic heterocycles. The Morgan fingerprint density at radius 3 is 2.33 bits per heavy atom. The fourth-order valence-corrected chi connectivity index (χ4v) is 6.11.